The smallest absolute Gasteiger partial charge is 0.320 e. The van der Waals surface area contributed by atoms with Crippen molar-refractivity contribution in [1.29, 1.82) is 0 Å². The molecule has 0 saturated carbocycles. The molecule has 2 aromatic rings. The number of amides is 2. The van der Waals surface area contributed by atoms with Gasteiger partial charge in [-0.2, -0.15) is 0 Å². The molecule has 110 valence electrons. The molecule has 0 fully saturated rings. The number of benzene rings is 1. The molecule has 0 radical (unpaired) electrons. The van der Waals surface area contributed by atoms with E-state index in [9.17, 15) is 4.79 Å². The second kappa shape index (κ2) is 6.90. The molecule has 2 amide bonds. The largest absolute Gasteiger partial charge is 0.339 e. The fourth-order valence-electron chi connectivity index (χ4n) is 1.59. The van der Waals surface area contributed by atoms with Gasteiger partial charge >= 0.3 is 6.03 Å². The zero-order chi connectivity index (χ0) is 15.2. The average molecular weight is 306 g/mol. The van der Waals surface area contributed by atoms with Gasteiger partial charge in [0, 0.05) is 16.8 Å². The van der Waals surface area contributed by atoms with Crippen molar-refractivity contribution in [1.82, 2.24) is 15.5 Å². The van der Waals surface area contributed by atoms with E-state index in [0.717, 1.165) is 5.69 Å². The summed E-state index contributed by atoms with van der Waals surface area (Å²) in [7, 11) is 0. The van der Waals surface area contributed by atoms with E-state index < -0.39 is 0 Å². The van der Waals surface area contributed by atoms with Crippen LogP contribution in [0.25, 0.3) is 0 Å². The van der Waals surface area contributed by atoms with Crippen molar-refractivity contribution in [3.8, 4) is 0 Å². The first-order valence-corrected chi connectivity index (χ1v) is 6.84. The molecule has 0 aliphatic heterocycles. The van der Waals surface area contributed by atoms with Crippen LogP contribution in [0, 0.1) is 0 Å². The lowest BCUT2D eigenvalue weighted by atomic mass is 10.3. The number of hydrogen-bond donors (Lipinski definition) is 3. The van der Waals surface area contributed by atoms with Crippen molar-refractivity contribution in [2.45, 2.75) is 19.9 Å². The van der Waals surface area contributed by atoms with Crippen LogP contribution < -0.4 is 16.0 Å². The molecule has 2 rings (SSSR count). The lowest BCUT2D eigenvalue weighted by molar-refractivity contribution is 0.250. The number of urea groups is 1. The summed E-state index contributed by atoms with van der Waals surface area (Å²) in [5.74, 6) is 0.942. The molecule has 0 atom stereocenters. The maximum absolute atomic E-state index is 11.5. The quantitative estimate of drug-likeness (QED) is 0.809. The number of carbonyl (C=O) groups is 1. The Kier molecular flexibility index (Phi) is 4.94. The first-order chi connectivity index (χ1) is 10.0. The van der Waals surface area contributed by atoms with Crippen LogP contribution in [0.1, 0.15) is 13.8 Å². The van der Waals surface area contributed by atoms with Crippen LogP contribution in [-0.2, 0) is 0 Å². The van der Waals surface area contributed by atoms with E-state index in [1.807, 2.05) is 26.0 Å². The van der Waals surface area contributed by atoms with Gasteiger partial charge in [-0.1, -0.05) is 17.7 Å². The van der Waals surface area contributed by atoms with Gasteiger partial charge in [0.05, 0.1) is 0 Å². The molecule has 6 nitrogen and oxygen atoms in total. The van der Waals surface area contributed by atoms with Gasteiger partial charge in [0.15, 0.2) is 11.6 Å². The summed E-state index contributed by atoms with van der Waals surface area (Å²) in [6.07, 6.45) is 0. The lowest BCUT2D eigenvalue weighted by Crippen LogP contribution is -2.34. The number of carbonyl (C=O) groups excluding carboxylic acids is 1. The number of aromatic nitrogens is 2. The lowest BCUT2D eigenvalue weighted by Gasteiger charge is -2.09. The summed E-state index contributed by atoms with van der Waals surface area (Å²) < 4.78 is 0. The van der Waals surface area contributed by atoms with Gasteiger partial charge in [0.2, 0.25) is 0 Å². The Balaban J connectivity index is 1.97. The minimum Gasteiger partial charge on any atom is -0.339 e. The molecule has 21 heavy (non-hydrogen) atoms. The summed E-state index contributed by atoms with van der Waals surface area (Å²) in [6, 6.07) is 10.4. The first-order valence-electron chi connectivity index (χ1n) is 6.47. The normalized spacial score (nSPS) is 10.3. The monoisotopic (exact) mass is 305 g/mol. The molecule has 1 aromatic carbocycles. The molecular formula is C14H16ClN5O. The van der Waals surface area contributed by atoms with Crippen LogP contribution in [0.4, 0.5) is 22.1 Å². The SMILES string of the molecule is CC(C)NC(=O)Nc1ccc(Nc2cccc(Cl)c2)nn1. The average Bonchev–Trinajstić information content (AvgIpc) is 2.40. The molecule has 0 unspecified atom stereocenters. The van der Waals surface area contributed by atoms with Crippen molar-refractivity contribution in [2.75, 3.05) is 10.6 Å². The van der Waals surface area contributed by atoms with Crippen molar-refractivity contribution < 1.29 is 4.79 Å². The molecule has 7 heteroatoms. The van der Waals surface area contributed by atoms with Crippen LogP contribution in [0.2, 0.25) is 5.02 Å². The van der Waals surface area contributed by atoms with Crippen LogP contribution >= 0.6 is 11.6 Å². The highest BCUT2D eigenvalue weighted by atomic mass is 35.5. The third kappa shape index (κ3) is 4.92. The van der Waals surface area contributed by atoms with Gasteiger partial charge in [-0.25, -0.2) is 4.79 Å². The van der Waals surface area contributed by atoms with E-state index >= 15 is 0 Å². The zero-order valence-corrected chi connectivity index (χ0v) is 12.5. The molecule has 0 bridgehead atoms. The topological polar surface area (TPSA) is 78.9 Å². The highest BCUT2D eigenvalue weighted by Crippen LogP contribution is 2.18. The Labute approximate surface area is 127 Å². The van der Waals surface area contributed by atoms with Crippen LogP contribution in [0.5, 0.6) is 0 Å². The second-order valence-electron chi connectivity index (χ2n) is 4.69. The number of nitrogens with zero attached hydrogens (tertiary/aromatic N) is 2. The molecule has 0 saturated heterocycles. The molecule has 3 N–H and O–H groups in total. The Morgan fingerprint density at radius 3 is 2.48 bits per heavy atom. The van der Waals surface area contributed by atoms with Gasteiger partial charge in [-0.05, 0) is 44.2 Å². The van der Waals surface area contributed by atoms with E-state index in [2.05, 4.69) is 26.1 Å². The fraction of sp³-hybridized carbons (Fsp3) is 0.214. The maximum Gasteiger partial charge on any atom is 0.320 e. The number of nitrogens with one attached hydrogen (secondary N) is 3. The first kappa shape index (κ1) is 15.1. The van der Waals surface area contributed by atoms with Gasteiger partial charge in [0.1, 0.15) is 0 Å². The molecule has 0 aliphatic carbocycles. The maximum atomic E-state index is 11.5. The third-order valence-corrected chi connectivity index (χ3v) is 2.66. The highest BCUT2D eigenvalue weighted by Gasteiger charge is 2.05. The van der Waals surface area contributed by atoms with E-state index in [1.54, 1.807) is 24.3 Å². The minimum atomic E-state index is -0.310. The van der Waals surface area contributed by atoms with E-state index in [4.69, 9.17) is 11.6 Å². The van der Waals surface area contributed by atoms with Crippen LogP contribution in [0.3, 0.4) is 0 Å². The van der Waals surface area contributed by atoms with Crippen molar-refractivity contribution >= 4 is 35.0 Å². The Hall–Kier alpha value is -2.34. The van der Waals surface area contributed by atoms with E-state index in [0.29, 0.717) is 16.7 Å². The van der Waals surface area contributed by atoms with Crippen molar-refractivity contribution in [3.63, 3.8) is 0 Å². The fourth-order valence-corrected chi connectivity index (χ4v) is 1.78. The van der Waals surface area contributed by atoms with Gasteiger partial charge in [-0.3, -0.25) is 5.32 Å². The molecule has 1 aromatic heterocycles. The Morgan fingerprint density at radius 1 is 1.14 bits per heavy atom. The Morgan fingerprint density at radius 2 is 1.86 bits per heavy atom. The number of halogens is 1. The number of anilines is 3. The van der Waals surface area contributed by atoms with Crippen LogP contribution in [0.15, 0.2) is 36.4 Å². The highest BCUT2D eigenvalue weighted by molar-refractivity contribution is 6.30. The summed E-state index contributed by atoms with van der Waals surface area (Å²) in [5.41, 5.74) is 0.815. The predicted molar refractivity (Wildman–Crippen MR) is 84.1 cm³/mol. The number of rotatable bonds is 4. The zero-order valence-electron chi connectivity index (χ0n) is 11.7. The summed E-state index contributed by atoms with van der Waals surface area (Å²) >= 11 is 5.90. The van der Waals surface area contributed by atoms with Crippen molar-refractivity contribution in [3.05, 3.63) is 41.4 Å². The Bertz CT molecular complexity index is 615. The van der Waals surface area contributed by atoms with Gasteiger partial charge in [0.25, 0.3) is 0 Å². The van der Waals surface area contributed by atoms with E-state index in [-0.39, 0.29) is 12.1 Å². The molecule has 0 spiro atoms. The molecule has 0 aliphatic rings. The molecular weight excluding hydrogens is 290 g/mol. The summed E-state index contributed by atoms with van der Waals surface area (Å²) in [5, 5.41) is 16.9. The predicted octanol–water partition coefficient (Wildman–Crippen LogP) is 3.40. The number of hydrogen-bond acceptors (Lipinski definition) is 4. The molecule has 1 heterocycles. The van der Waals surface area contributed by atoms with Gasteiger partial charge in [-0.15, -0.1) is 10.2 Å². The van der Waals surface area contributed by atoms with Crippen molar-refractivity contribution in [2.24, 2.45) is 0 Å². The third-order valence-electron chi connectivity index (χ3n) is 2.42. The van der Waals surface area contributed by atoms with Crippen LogP contribution in [-0.4, -0.2) is 22.3 Å². The standard InChI is InChI=1S/C14H16ClN5O/c1-9(2)16-14(21)18-13-7-6-12(19-20-13)17-11-5-3-4-10(15)8-11/h3-9H,1-2H3,(H,17,19)(H2,16,18,20,21). The second-order valence-corrected chi connectivity index (χ2v) is 5.13. The minimum absolute atomic E-state index is 0.0572. The van der Waals surface area contributed by atoms with E-state index in [1.165, 1.54) is 0 Å². The summed E-state index contributed by atoms with van der Waals surface area (Å²) in [6.45, 7) is 3.76. The van der Waals surface area contributed by atoms with Gasteiger partial charge < -0.3 is 10.6 Å². The summed E-state index contributed by atoms with van der Waals surface area (Å²) in [4.78, 5) is 11.5.